The standard InChI is InChI=1S/C66H128O17P2/c1-7-10-12-14-16-17-18-19-25-32-38-44-50-65(70)82-61(54-76-63(68)48-42-36-28-15-13-11-8-2)56-80-84(72,73)78-52-60(67)53-79-85(74,75)81-57-62(55-77-64(69)49-43-37-31-27-22-23-29-34-40-46-58(4)5)83-66(71)51-45-39-33-26-21-20-24-30-35-41-47-59(6)9-3/h58-62,67H,7-57H2,1-6H3,(H,72,73)(H,74,75)/t59?,60-,61+,62+/m0/s1. The first-order valence-electron chi connectivity index (χ1n) is 34.5. The smallest absolute Gasteiger partial charge is 0.462 e. The van der Waals surface area contributed by atoms with Crippen LogP contribution in [0.3, 0.4) is 0 Å². The van der Waals surface area contributed by atoms with Crippen LogP contribution in [0.25, 0.3) is 0 Å². The van der Waals surface area contributed by atoms with E-state index in [0.29, 0.717) is 25.7 Å². The predicted molar refractivity (Wildman–Crippen MR) is 340 cm³/mol. The van der Waals surface area contributed by atoms with Gasteiger partial charge in [-0.3, -0.25) is 37.3 Å². The number of unbranched alkanes of at least 4 members (excludes halogenated alkanes) is 34. The number of aliphatic hydroxyl groups is 1. The molecule has 0 spiro atoms. The fraction of sp³-hybridized carbons (Fsp3) is 0.939. The van der Waals surface area contributed by atoms with E-state index < -0.39 is 97.5 Å². The summed E-state index contributed by atoms with van der Waals surface area (Å²) < 4.78 is 68.0. The first kappa shape index (κ1) is 83.1. The van der Waals surface area contributed by atoms with E-state index in [2.05, 4.69) is 41.5 Å². The lowest BCUT2D eigenvalue weighted by molar-refractivity contribution is -0.161. The number of phosphoric acid groups is 2. The van der Waals surface area contributed by atoms with Crippen LogP contribution >= 0.6 is 15.6 Å². The summed E-state index contributed by atoms with van der Waals surface area (Å²) in [5.41, 5.74) is 0. The molecule has 0 radical (unpaired) electrons. The van der Waals surface area contributed by atoms with Crippen LogP contribution in [0, 0.1) is 11.8 Å². The molecule has 0 rings (SSSR count). The Kier molecular flexibility index (Phi) is 57.1. The summed E-state index contributed by atoms with van der Waals surface area (Å²) in [6.07, 6.45) is 41.6. The molecule has 19 heteroatoms. The molecule has 0 fully saturated rings. The van der Waals surface area contributed by atoms with Crippen molar-refractivity contribution in [3.05, 3.63) is 0 Å². The largest absolute Gasteiger partial charge is 0.472 e. The summed E-state index contributed by atoms with van der Waals surface area (Å²) in [6, 6.07) is 0. The Labute approximate surface area is 517 Å². The van der Waals surface area contributed by atoms with Crippen LogP contribution in [0.15, 0.2) is 0 Å². The maximum Gasteiger partial charge on any atom is 0.472 e. The minimum atomic E-state index is -4.95. The van der Waals surface area contributed by atoms with Crippen molar-refractivity contribution in [1.29, 1.82) is 0 Å². The third-order valence-electron chi connectivity index (χ3n) is 15.6. The van der Waals surface area contributed by atoms with Gasteiger partial charge in [0.2, 0.25) is 0 Å². The zero-order valence-electron chi connectivity index (χ0n) is 54.9. The molecule has 0 aromatic carbocycles. The molecule has 0 amide bonds. The lowest BCUT2D eigenvalue weighted by atomic mass is 9.99. The van der Waals surface area contributed by atoms with E-state index in [9.17, 15) is 43.2 Å². The van der Waals surface area contributed by atoms with E-state index >= 15 is 0 Å². The SMILES string of the molecule is CCCCCCCCCCCCCCC(=O)O[C@H](COC(=O)CCCCCCCCC)COP(=O)(O)OC[C@H](O)COP(=O)(O)OC[C@@H](COC(=O)CCCCCCCCCCCC(C)C)OC(=O)CCCCCCCCCCCCC(C)CC. The molecule has 0 saturated heterocycles. The molecule has 0 aliphatic heterocycles. The molecule has 0 aromatic heterocycles. The Morgan fingerprint density at radius 1 is 0.341 bits per heavy atom. The molecule has 17 nitrogen and oxygen atoms in total. The van der Waals surface area contributed by atoms with Crippen LogP contribution < -0.4 is 0 Å². The quantitative estimate of drug-likeness (QED) is 0.0222. The highest BCUT2D eigenvalue weighted by Gasteiger charge is 2.30. The second kappa shape index (κ2) is 58.4. The zero-order chi connectivity index (χ0) is 62.9. The van der Waals surface area contributed by atoms with E-state index in [4.69, 9.17) is 37.0 Å². The monoisotopic (exact) mass is 1250 g/mol. The number of hydrogen-bond donors (Lipinski definition) is 3. The van der Waals surface area contributed by atoms with E-state index in [-0.39, 0.29) is 25.7 Å². The number of phosphoric ester groups is 2. The Morgan fingerprint density at radius 3 is 0.894 bits per heavy atom. The van der Waals surface area contributed by atoms with Crippen molar-refractivity contribution in [1.82, 2.24) is 0 Å². The fourth-order valence-electron chi connectivity index (χ4n) is 9.85. The van der Waals surface area contributed by atoms with Crippen molar-refractivity contribution in [2.75, 3.05) is 39.6 Å². The van der Waals surface area contributed by atoms with Gasteiger partial charge in [-0.05, 0) is 37.5 Å². The molecule has 0 saturated carbocycles. The van der Waals surface area contributed by atoms with Crippen LogP contribution in [0.5, 0.6) is 0 Å². The molecule has 0 bridgehead atoms. The van der Waals surface area contributed by atoms with Crippen molar-refractivity contribution >= 4 is 39.5 Å². The maximum atomic E-state index is 13.0. The summed E-state index contributed by atoms with van der Waals surface area (Å²) in [5, 5.41) is 10.5. The van der Waals surface area contributed by atoms with Gasteiger partial charge in [0.05, 0.1) is 26.4 Å². The minimum absolute atomic E-state index is 0.106. The highest BCUT2D eigenvalue weighted by atomic mass is 31.2. The van der Waals surface area contributed by atoms with Gasteiger partial charge < -0.3 is 33.8 Å². The van der Waals surface area contributed by atoms with Crippen LogP contribution in [0.2, 0.25) is 0 Å². The Hall–Kier alpha value is -1.94. The van der Waals surface area contributed by atoms with Crippen molar-refractivity contribution < 1.29 is 80.2 Å². The Bertz CT molecular complexity index is 1670. The normalized spacial score (nSPS) is 14.6. The number of esters is 4. The van der Waals surface area contributed by atoms with Gasteiger partial charge in [-0.1, -0.05) is 279 Å². The first-order valence-corrected chi connectivity index (χ1v) is 37.5. The molecule has 0 aromatic rings. The lowest BCUT2D eigenvalue weighted by Crippen LogP contribution is -2.30. The number of hydrogen-bond acceptors (Lipinski definition) is 15. The molecule has 0 aliphatic carbocycles. The summed E-state index contributed by atoms with van der Waals surface area (Å²) >= 11 is 0. The molecule has 3 N–H and O–H groups in total. The lowest BCUT2D eigenvalue weighted by Gasteiger charge is -2.21. The number of carbonyl (C=O) groups excluding carboxylic acids is 4. The van der Waals surface area contributed by atoms with Crippen LogP contribution in [0.4, 0.5) is 0 Å². The van der Waals surface area contributed by atoms with Gasteiger partial charge in [0.15, 0.2) is 12.2 Å². The topological polar surface area (TPSA) is 237 Å². The van der Waals surface area contributed by atoms with Gasteiger partial charge in [-0.2, -0.15) is 0 Å². The number of ether oxygens (including phenoxy) is 4. The maximum absolute atomic E-state index is 13.0. The molecular formula is C66H128O17P2. The van der Waals surface area contributed by atoms with E-state index in [1.165, 1.54) is 135 Å². The first-order chi connectivity index (χ1) is 40.9. The average molecular weight is 1260 g/mol. The minimum Gasteiger partial charge on any atom is -0.462 e. The molecular weight excluding hydrogens is 1130 g/mol. The molecule has 6 atom stereocenters. The average Bonchev–Trinajstić information content (AvgIpc) is 3.58. The molecule has 0 heterocycles. The Balaban J connectivity index is 5.22. The number of aliphatic hydroxyl groups excluding tert-OH is 1. The van der Waals surface area contributed by atoms with E-state index in [1.807, 2.05) is 0 Å². The predicted octanol–water partition coefficient (Wildman–Crippen LogP) is 18.4. The van der Waals surface area contributed by atoms with Crippen molar-refractivity contribution in [2.24, 2.45) is 11.8 Å². The third kappa shape index (κ3) is 59.5. The second-order valence-electron chi connectivity index (χ2n) is 24.6. The van der Waals surface area contributed by atoms with Crippen molar-refractivity contribution in [3.8, 4) is 0 Å². The Morgan fingerprint density at radius 2 is 0.600 bits per heavy atom. The van der Waals surface area contributed by atoms with E-state index in [1.54, 1.807) is 0 Å². The highest BCUT2D eigenvalue weighted by molar-refractivity contribution is 7.47. The highest BCUT2D eigenvalue weighted by Crippen LogP contribution is 2.45. The molecule has 504 valence electrons. The van der Waals surface area contributed by atoms with Gasteiger partial charge in [-0.25, -0.2) is 9.13 Å². The van der Waals surface area contributed by atoms with Gasteiger partial charge in [0.25, 0.3) is 0 Å². The number of rotatable bonds is 65. The molecule has 3 unspecified atom stereocenters. The second-order valence-corrected chi connectivity index (χ2v) is 27.5. The number of carbonyl (C=O) groups is 4. The molecule has 0 aliphatic rings. The van der Waals surface area contributed by atoms with Gasteiger partial charge in [0.1, 0.15) is 19.3 Å². The van der Waals surface area contributed by atoms with Gasteiger partial charge in [0, 0.05) is 25.7 Å². The van der Waals surface area contributed by atoms with Crippen LogP contribution in [0.1, 0.15) is 330 Å². The third-order valence-corrected chi connectivity index (χ3v) is 17.5. The van der Waals surface area contributed by atoms with Gasteiger partial charge in [-0.15, -0.1) is 0 Å². The fourth-order valence-corrected chi connectivity index (χ4v) is 11.4. The van der Waals surface area contributed by atoms with Crippen LogP contribution in [-0.4, -0.2) is 96.7 Å². The molecule has 85 heavy (non-hydrogen) atoms. The van der Waals surface area contributed by atoms with Crippen molar-refractivity contribution in [3.63, 3.8) is 0 Å². The summed E-state index contributed by atoms with van der Waals surface area (Å²) in [7, 11) is -9.89. The van der Waals surface area contributed by atoms with E-state index in [0.717, 1.165) is 115 Å². The zero-order valence-corrected chi connectivity index (χ0v) is 56.7. The summed E-state index contributed by atoms with van der Waals surface area (Å²) in [5.74, 6) is -0.587. The summed E-state index contributed by atoms with van der Waals surface area (Å²) in [4.78, 5) is 72.2. The summed E-state index contributed by atoms with van der Waals surface area (Å²) in [6.45, 7) is 9.48. The van der Waals surface area contributed by atoms with Crippen molar-refractivity contribution in [2.45, 2.75) is 349 Å². The van der Waals surface area contributed by atoms with Gasteiger partial charge >= 0.3 is 39.5 Å². The van der Waals surface area contributed by atoms with Crippen LogP contribution in [-0.2, 0) is 65.4 Å².